The highest BCUT2D eigenvalue weighted by molar-refractivity contribution is 6.02. The van der Waals surface area contributed by atoms with Crippen LogP contribution in [0.5, 0.6) is 0 Å². The number of ether oxygens (including phenoxy) is 1. The van der Waals surface area contributed by atoms with Gasteiger partial charge in [-0.2, -0.15) is 4.89 Å². The van der Waals surface area contributed by atoms with E-state index in [0.29, 0.717) is 11.1 Å². The largest absolute Gasteiger partial charge is 0.478 e. The Balaban J connectivity index is 2.04. The van der Waals surface area contributed by atoms with E-state index in [4.69, 9.17) is 14.5 Å². The van der Waals surface area contributed by atoms with E-state index >= 15 is 0 Å². The molecule has 29 heavy (non-hydrogen) atoms. The molecule has 0 aliphatic rings. The van der Waals surface area contributed by atoms with E-state index in [9.17, 15) is 24.6 Å². The molecule has 1 atom stereocenters. The number of esters is 1. The fourth-order valence-corrected chi connectivity index (χ4v) is 2.59. The summed E-state index contributed by atoms with van der Waals surface area (Å²) < 4.78 is 5.21. The predicted molar refractivity (Wildman–Crippen MR) is 102 cm³/mol. The average molecular weight is 402 g/mol. The van der Waals surface area contributed by atoms with Gasteiger partial charge in [-0.15, -0.1) is 0 Å². The van der Waals surface area contributed by atoms with Gasteiger partial charge >= 0.3 is 17.9 Å². The topological polar surface area (TPSA) is 119 Å². The zero-order chi connectivity index (χ0) is 21.6. The van der Waals surface area contributed by atoms with Crippen molar-refractivity contribution in [3.63, 3.8) is 0 Å². The molecule has 0 saturated heterocycles. The molecule has 0 radical (unpaired) electrons. The highest BCUT2D eigenvalue weighted by atomic mass is 17.2. The fourth-order valence-electron chi connectivity index (χ4n) is 2.59. The van der Waals surface area contributed by atoms with Crippen molar-refractivity contribution in [1.29, 1.82) is 0 Å². The Bertz CT molecular complexity index is 919. The van der Waals surface area contributed by atoms with Crippen molar-refractivity contribution in [1.82, 2.24) is 0 Å². The molecule has 0 bridgehead atoms. The first kappa shape index (κ1) is 22.1. The van der Waals surface area contributed by atoms with Crippen molar-refractivity contribution in [3.05, 3.63) is 69.8 Å². The maximum atomic E-state index is 12.4. The Kier molecular flexibility index (Phi) is 7.46. The van der Waals surface area contributed by atoms with Gasteiger partial charge in [0.25, 0.3) is 0 Å². The minimum absolute atomic E-state index is 0.0788. The van der Waals surface area contributed by atoms with E-state index in [2.05, 4.69) is 0 Å². The third-order valence-electron chi connectivity index (χ3n) is 4.08. The minimum atomic E-state index is -1.25. The summed E-state index contributed by atoms with van der Waals surface area (Å²) >= 11 is 0. The smallest absolute Gasteiger partial charge is 0.341 e. The predicted octanol–water partition coefficient (Wildman–Crippen LogP) is 3.74. The van der Waals surface area contributed by atoms with Crippen LogP contribution in [0.1, 0.15) is 61.1 Å². The van der Waals surface area contributed by atoms with Crippen LogP contribution in [0.2, 0.25) is 0 Å². The number of hydrogen-bond acceptors (Lipinski definition) is 6. The Morgan fingerprint density at radius 3 is 2.07 bits per heavy atom. The molecule has 0 saturated carbocycles. The molecule has 0 fully saturated rings. The Morgan fingerprint density at radius 2 is 1.48 bits per heavy atom. The molecule has 0 amide bonds. The van der Waals surface area contributed by atoms with Crippen molar-refractivity contribution in [2.24, 2.45) is 0 Å². The monoisotopic (exact) mass is 402 g/mol. The lowest BCUT2D eigenvalue weighted by molar-refractivity contribution is -0.374. The summed E-state index contributed by atoms with van der Waals surface area (Å²) in [6.45, 7) is 5.06. The lowest BCUT2D eigenvalue weighted by Gasteiger charge is -2.17. The molecule has 0 aliphatic carbocycles. The van der Waals surface area contributed by atoms with E-state index in [-0.39, 0.29) is 29.7 Å². The van der Waals surface area contributed by atoms with Crippen molar-refractivity contribution < 1.29 is 39.1 Å². The zero-order valence-electron chi connectivity index (χ0n) is 16.3. The number of carboxylic acids is 2. The van der Waals surface area contributed by atoms with E-state index in [1.807, 2.05) is 6.92 Å². The first-order chi connectivity index (χ1) is 13.7. The summed E-state index contributed by atoms with van der Waals surface area (Å²) in [6, 6.07) is 9.14. The van der Waals surface area contributed by atoms with Crippen LogP contribution in [-0.4, -0.2) is 34.4 Å². The van der Waals surface area contributed by atoms with Gasteiger partial charge in [-0.05, 0) is 37.6 Å². The Hall–Kier alpha value is -3.23. The van der Waals surface area contributed by atoms with Crippen LogP contribution in [0.3, 0.4) is 0 Å². The molecular formula is C21H22O8. The highest BCUT2D eigenvalue weighted by Crippen LogP contribution is 2.17. The summed E-state index contributed by atoms with van der Waals surface area (Å²) in [5.74, 6) is -3.20. The highest BCUT2D eigenvalue weighted by Gasteiger charge is 2.22. The van der Waals surface area contributed by atoms with Crippen molar-refractivity contribution >= 4 is 17.9 Å². The molecule has 2 rings (SSSR count). The van der Waals surface area contributed by atoms with Crippen molar-refractivity contribution in [2.75, 3.05) is 0 Å². The van der Waals surface area contributed by atoms with Crippen molar-refractivity contribution in [2.45, 2.75) is 40.1 Å². The molecule has 0 heterocycles. The first-order valence-corrected chi connectivity index (χ1v) is 8.89. The SMILES string of the molecule is CCC(OOCc1cc(C)ccc1C(=O)O)OC(=O)c1cc(C)ccc1C(=O)O. The molecule has 8 nitrogen and oxygen atoms in total. The summed E-state index contributed by atoms with van der Waals surface area (Å²) in [5, 5.41) is 18.5. The standard InChI is InChI=1S/C21H22O8/c1-4-18(28-21(26)17-10-13(3)6-8-16(17)20(24)25)29-27-11-14-9-12(2)5-7-15(14)19(22)23/h5-10,18H,4,11H2,1-3H3,(H,22,23)(H,24,25). The second kappa shape index (κ2) is 9.81. The molecule has 0 spiro atoms. The van der Waals surface area contributed by atoms with E-state index in [1.54, 1.807) is 32.0 Å². The first-order valence-electron chi connectivity index (χ1n) is 8.89. The van der Waals surface area contributed by atoms with Gasteiger partial charge in [0.05, 0.1) is 16.7 Å². The fraction of sp³-hybridized carbons (Fsp3) is 0.286. The molecule has 154 valence electrons. The number of aryl methyl sites for hydroxylation is 2. The molecule has 0 aromatic heterocycles. The van der Waals surface area contributed by atoms with E-state index in [1.165, 1.54) is 18.2 Å². The summed E-state index contributed by atoms with van der Waals surface area (Å²) in [6.07, 6.45) is -0.859. The van der Waals surface area contributed by atoms with Crippen LogP contribution < -0.4 is 0 Å². The van der Waals surface area contributed by atoms with Gasteiger partial charge in [0, 0.05) is 6.42 Å². The molecule has 0 aliphatic heterocycles. The average Bonchev–Trinajstić information content (AvgIpc) is 2.66. The number of carbonyl (C=O) groups excluding carboxylic acids is 1. The van der Waals surface area contributed by atoms with Gasteiger partial charge in [-0.1, -0.05) is 36.2 Å². The molecule has 2 aromatic rings. The number of hydrogen-bond donors (Lipinski definition) is 2. The second-order valence-electron chi connectivity index (χ2n) is 6.42. The van der Waals surface area contributed by atoms with Gasteiger partial charge in [0.1, 0.15) is 6.61 Å². The van der Waals surface area contributed by atoms with Gasteiger partial charge in [-0.25, -0.2) is 19.3 Å². The van der Waals surface area contributed by atoms with Crippen LogP contribution >= 0.6 is 0 Å². The zero-order valence-corrected chi connectivity index (χ0v) is 16.3. The Labute approximate surface area is 167 Å². The number of aromatic carboxylic acids is 2. The van der Waals surface area contributed by atoms with E-state index in [0.717, 1.165) is 5.56 Å². The third-order valence-corrected chi connectivity index (χ3v) is 4.08. The Morgan fingerprint density at radius 1 is 0.897 bits per heavy atom. The summed E-state index contributed by atoms with van der Waals surface area (Å²) in [5.41, 5.74) is 1.77. The summed E-state index contributed by atoms with van der Waals surface area (Å²) in [4.78, 5) is 45.2. The molecule has 1 unspecified atom stereocenters. The number of benzene rings is 2. The number of carbonyl (C=O) groups is 3. The van der Waals surface area contributed by atoms with Crippen LogP contribution in [0.25, 0.3) is 0 Å². The second-order valence-corrected chi connectivity index (χ2v) is 6.42. The lowest BCUT2D eigenvalue weighted by Crippen LogP contribution is -2.23. The quantitative estimate of drug-likeness (QED) is 0.282. The van der Waals surface area contributed by atoms with Crippen LogP contribution in [0.4, 0.5) is 0 Å². The van der Waals surface area contributed by atoms with Crippen LogP contribution in [0.15, 0.2) is 36.4 Å². The van der Waals surface area contributed by atoms with Gasteiger partial charge in [0.2, 0.25) is 6.29 Å². The number of rotatable bonds is 9. The third kappa shape index (κ3) is 5.87. The summed E-state index contributed by atoms with van der Waals surface area (Å²) in [7, 11) is 0. The van der Waals surface area contributed by atoms with Gasteiger partial charge < -0.3 is 14.9 Å². The minimum Gasteiger partial charge on any atom is -0.478 e. The molecular weight excluding hydrogens is 380 g/mol. The number of carboxylic acid groups (broad SMARTS) is 2. The van der Waals surface area contributed by atoms with Crippen LogP contribution in [-0.2, 0) is 21.1 Å². The van der Waals surface area contributed by atoms with E-state index < -0.39 is 24.2 Å². The van der Waals surface area contributed by atoms with Gasteiger partial charge in [0.15, 0.2) is 0 Å². The maximum Gasteiger partial charge on any atom is 0.341 e. The van der Waals surface area contributed by atoms with Crippen molar-refractivity contribution in [3.8, 4) is 0 Å². The lowest BCUT2D eigenvalue weighted by atomic mass is 10.0. The molecule has 2 N–H and O–H groups in total. The normalized spacial score (nSPS) is 11.7. The van der Waals surface area contributed by atoms with Crippen LogP contribution in [0, 0.1) is 13.8 Å². The molecule has 8 heteroatoms. The molecule has 2 aromatic carbocycles. The van der Waals surface area contributed by atoms with Gasteiger partial charge in [-0.3, -0.25) is 0 Å². The maximum absolute atomic E-state index is 12.4.